The number of hydrogen-bond donors (Lipinski definition) is 1. The van der Waals surface area contributed by atoms with E-state index in [2.05, 4.69) is 10.1 Å². The molecule has 0 aliphatic carbocycles. The second kappa shape index (κ2) is 4.56. The van der Waals surface area contributed by atoms with Gasteiger partial charge in [0.15, 0.2) is 5.82 Å². The molecule has 2 unspecified atom stereocenters. The van der Waals surface area contributed by atoms with Gasteiger partial charge >= 0.3 is 0 Å². The molecule has 112 valence electrons. The van der Waals surface area contributed by atoms with Crippen LogP contribution in [-0.4, -0.2) is 16.7 Å². The van der Waals surface area contributed by atoms with E-state index in [1.165, 1.54) is 0 Å². The maximum Gasteiger partial charge on any atom is 0.232 e. The Hall–Kier alpha value is -1.88. The predicted octanol–water partition coefficient (Wildman–Crippen LogP) is 2.60. The van der Waals surface area contributed by atoms with Crippen LogP contribution in [-0.2, 0) is 11.0 Å². The van der Waals surface area contributed by atoms with Crippen molar-refractivity contribution in [1.82, 2.24) is 10.1 Å². The number of nitrogens with zero attached hydrogens (tertiary/aromatic N) is 2. The third-order valence-electron chi connectivity index (χ3n) is 4.04. The van der Waals surface area contributed by atoms with Crippen LogP contribution >= 0.6 is 0 Å². The van der Waals surface area contributed by atoms with E-state index < -0.39 is 5.54 Å². The van der Waals surface area contributed by atoms with Gasteiger partial charge in [0, 0.05) is 16.9 Å². The first-order valence-corrected chi connectivity index (χ1v) is 7.19. The Morgan fingerprint density at radius 3 is 2.67 bits per heavy atom. The molecule has 21 heavy (non-hydrogen) atoms. The minimum Gasteiger partial charge on any atom is -0.493 e. The molecular formula is C16H21N3O2. The number of aromatic nitrogens is 2. The van der Waals surface area contributed by atoms with Crippen molar-refractivity contribution in [1.29, 1.82) is 0 Å². The quantitative estimate of drug-likeness (QED) is 0.872. The predicted molar refractivity (Wildman–Crippen MR) is 79.1 cm³/mol. The first-order valence-electron chi connectivity index (χ1n) is 7.19. The van der Waals surface area contributed by atoms with Gasteiger partial charge in [0.2, 0.25) is 5.89 Å². The lowest BCUT2D eigenvalue weighted by Gasteiger charge is -2.38. The second-order valence-corrected chi connectivity index (χ2v) is 6.75. The summed E-state index contributed by atoms with van der Waals surface area (Å²) in [6.45, 7) is 8.69. The smallest absolute Gasteiger partial charge is 0.232 e. The number of rotatable bonds is 1. The molecule has 3 rings (SSSR count). The van der Waals surface area contributed by atoms with E-state index in [1.54, 1.807) is 0 Å². The molecule has 0 bridgehead atoms. The summed E-state index contributed by atoms with van der Waals surface area (Å²) >= 11 is 0. The highest BCUT2D eigenvalue weighted by Crippen LogP contribution is 2.42. The van der Waals surface area contributed by atoms with E-state index >= 15 is 0 Å². The Balaban J connectivity index is 2.13. The third kappa shape index (κ3) is 2.12. The molecule has 0 radical (unpaired) electrons. The molecular weight excluding hydrogens is 266 g/mol. The van der Waals surface area contributed by atoms with E-state index in [0.29, 0.717) is 18.3 Å². The van der Waals surface area contributed by atoms with Crippen LogP contribution in [0.2, 0.25) is 0 Å². The lowest BCUT2D eigenvalue weighted by Crippen LogP contribution is -2.50. The number of para-hydroxylation sites is 1. The molecule has 0 saturated heterocycles. The summed E-state index contributed by atoms with van der Waals surface area (Å²) in [6, 6.07) is 7.78. The average molecular weight is 287 g/mol. The highest BCUT2D eigenvalue weighted by Gasteiger charge is 2.45. The molecule has 2 aromatic rings. The van der Waals surface area contributed by atoms with E-state index in [0.717, 1.165) is 11.3 Å². The number of hydrogen-bond acceptors (Lipinski definition) is 5. The summed E-state index contributed by atoms with van der Waals surface area (Å²) in [6.07, 6.45) is 0. The van der Waals surface area contributed by atoms with E-state index in [-0.39, 0.29) is 11.3 Å². The van der Waals surface area contributed by atoms with E-state index in [4.69, 9.17) is 15.0 Å². The molecule has 5 heteroatoms. The van der Waals surface area contributed by atoms with E-state index in [9.17, 15) is 0 Å². The van der Waals surface area contributed by atoms with Crippen molar-refractivity contribution in [2.24, 2.45) is 11.7 Å². The zero-order chi connectivity index (χ0) is 15.3. The maximum atomic E-state index is 6.73. The Labute approximate surface area is 124 Å². The largest absolute Gasteiger partial charge is 0.493 e. The van der Waals surface area contributed by atoms with Gasteiger partial charge < -0.3 is 15.0 Å². The summed E-state index contributed by atoms with van der Waals surface area (Å²) in [5.74, 6) is 1.97. The third-order valence-corrected chi connectivity index (χ3v) is 4.04. The van der Waals surface area contributed by atoms with Gasteiger partial charge in [-0.25, -0.2) is 0 Å². The molecule has 1 aromatic heterocycles. The van der Waals surface area contributed by atoms with Crippen molar-refractivity contribution in [2.45, 2.75) is 38.6 Å². The van der Waals surface area contributed by atoms with Crippen LogP contribution in [0.25, 0.3) is 0 Å². The molecule has 2 atom stereocenters. The number of ether oxygens (including phenoxy) is 1. The lowest BCUT2D eigenvalue weighted by atomic mass is 9.77. The van der Waals surface area contributed by atoms with Crippen LogP contribution < -0.4 is 10.5 Å². The van der Waals surface area contributed by atoms with Crippen molar-refractivity contribution in [2.75, 3.05) is 6.61 Å². The highest BCUT2D eigenvalue weighted by molar-refractivity contribution is 5.45. The lowest BCUT2D eigenvalue weighted by molar-refractivity contribution is 0.160. The molecule has 0 saturated carbocycles. The fraction of sp³-hybridized carbons (Fsp3) is 0.500. The Bertz CT molecular complexity index is 660. The Kier molecular flexibility index (Phi) is 3.06. The van der Waals surface area contributed by atoms with Gasteiger partial charge in [-0.3, -0.25) is 0 Å². The first-order chi connectivity index (χ1) is 9.83. The standard InChI is InChI=1S/C16H21N3O2/c1-10-9-20-12-8-6-5-7-11(12)16(10,17)13-18-14(21-19-13)15(2,3)4/h5-8,10H,9,17H2,1-4H3. The monoisotopic (exact) mass is 287 g/mol. The van der Waals surface area contributed by atoms with Crippen molar-refractivity contribution < 1.29 is 9.26 Å². The van der Waals surface area contributed by atoms with Gasteiger partial charge in [0.25, 0.3) is 0 Å². The molecule has 5 nitrogen and oxygen atoms in total. The first kappa shape index (κ1) is 14.1. The number of nitrogens with two attached hydrogens (primary N) is 1. The Morgan fingerprint density at radius 1 is 1.29 bits per heavy atom. The van der Waals surface area contributed by atoms with Crippen LogP contribution in [0.15, 0.2) is 28.8 Å². The van der Waals surface area contributed by atoms with Crippen molar-refractivity contribution >= 4 is 0 Å². The zero-order valence-corrected chi connectivity index (χ0v) is 12.9. The normalized spacial score (nSPS) is 25.3. The minimum atomic E-state index is -0.790. The molecule has 0 fully saturated rings. The Morgan fingerprint density at radius 2 is 2.00 bits per heavy atom. The summed E-state index contributed by atoms with van der Waals surface area (Å²) in [5, 5.41) is 4.16. The molecule has 1 aliphatic rings. The van der Waals surface area contributed by atoms with Crippen LogP contribution in [0.3, 0.4) is 0 Å². The van der Waals surface area contributed by atoms with Crippen molar-refractivity contribution in [3.05, 3.63) is 41.5 Å². The summed E-state index contributed by atoms with van der Waals surface area (Å²) in [4.78, 5) is 4.57. The van der Waals surface area contributed by atoms with Crippen LogP contribution in [0, 0.1) is 5.92 Å². The van der Waals surface area contributed by atoms with Gasteiger partial charge in [-0.05, 0) is 6.07 Å². The van der Waals surface area contributed by atoms with Crippen LogP contribution in [0.5, 0.6) is 5.75 Å². The zero-order valence-electron chi connectivity index (χ0n) is 12.9. The molecule has 2 heterocycles. The van der Waals surface area contributed by atoms with Gasteiger partial charge in [-0.15, -0.1) is 0 Å². The average Bonchev–Trinajstić information content (AvgIpc) is 2.93. The van der Waals surface area contributed by atoms with E-state index in [1.807, 2.05) is 52.0 Å². The highest BCUT2D eigenvalue weighted by atomic mass is 16.5. The molecule has 0 spiro atoms. The summed E-state index contributed by atoms with van der Waals surface area (Å²) in [5.41, 5.74) is 6.65. The van der Waals surface area contributed by atoms with Gasteiger partial charge in [-0.2, -0.15) is 4.98 Å². The minimum absolute atomic E-state index is 0.0535. The molecule has 1 aromatic carbocycles. The SMILES string of the molecule is CC1COc2ccccc2C1(N)c1noc(C(C)(C)C)n1. The molecule has 1 aliphatic heterocycles. The summed E-state index contributed by atoms with van der Waals surface area (Å²) in [7, 11) is 0. The van der Waals surface area contributed by atoms with Crippen LogP contribution in [0.1, 0.15) is 45.0 Å². The fourth-order valence-electron chi connectivity index (χ4n) is 2.58. The van der Waals surface area contributed by atoms with Gasteiger partial charge in [-0.1, -0.05) is 51.1 Å². The van der Waals surface area contributed by atoms with Crippen molar-refractivity contribution in [3.63, 3.8) is 0 Å². The maximum absolute atomic E-state index is 6.73. The van der Waals surface area contributed by atoms with Crippen molar-refractivity contribution in [3.8, 4) is 5.75 Å². The van der Waals surface area contributed by atoms with Gasteiger partial charge in [0.05, 0.1) is 6.61 Å². The topological polar surface area (TPSA) is 74.2 Å². The number of fused-ring (bicyclic) bond motifs is 1. The fourth-order valence-corrected chi connectivity index (χ4v) is 2.58. The molecule has 0 amide bonds. The number of benzene rings is 1. The van der Waals surface area contributed by atoms with Crippen LogP contribution in [0.4, 0.5) is 0 Å². The van der Waals surface area contributed by atoms with Gasteiger partial charge in [0.1, 0.15) is 11.3 Å². The second-order valence-electron chi connectivity index (χ2n) is 6.75. The molecule has 2 N–H and O–H groups in total. The summed E-state index contributed by atoms with van der Waals surface area (Å²) < 4.78 is 11.2.